The maximum absolute atomic E-state index is 13.6. The number of pyridine rings is 1. The monoisotopic (exact) mass is 624 g/mol. The number of nitrogens with one attached hydrogen (secondary N) is 1. The molecular weight excluding hydrogens is 584 g/mol. The molecule has 2 fully saturated rings. The third-order valence-electron chi connectivity index (χ3n) is 8.16. The van der Waals surface area contributed by atoms with E-state index in [4.69, 9.17) is 4.74 Å². The second-order valence-corrected chi connectivity index (χ2v) is 11.8. The Kier molecular flexibility index (Phi) is 10.7. The first-order valence-electron chi connectivity index (χ1n) is 14.8. The van der Waals surface area contributed by atoms with Crippen molar-refractivity contribution in [3.05, 3.63) is 53.3 Å². The molecule has 1 aliphatic heterocycles. The summed E-state index contributed by atoms with van der Waals surface area (Å²) in [4.78, 5) is 33.9. The summed E-state index contributed by atoms with van der Waals surface area (Å²) in [5, 5.41) is 13.3. The van der Waals surface area contributed by atoms with Crippen LogP contribution in [0.5, 0.6) is 11.5 Å². The van der Waals surface area contributed by atoms with E-state index in [-0.39, 0.29) is 79.3 Å². The molecule has 1 aliphatic carbocycles. The molecule has 2 heterocycles. The van der Waals surface area contributed by atoms with Crippen LogP contribution in [-0.4, -0.2) is 82.2 Å². The zero-order valence-corrected chi connectivity index (χ0v) is 25.3. The number of halogens is 4. The molecule has 0 bridgehead atoms. The molecule has 2 aliphatic rings. The van der Waals surface area contributed by atoms with Gasteiger partial charge in [-0.1, -0.05) is 12.1 Å². The molecule has 0 radical (unpaired) electrons. The van der Waals surface area contributed by atoms with Crippen molar-refractivity contribution in [3.8, 4) is 11.5 Å². The molecule has 13 heteroatoms. The number of benzene rings is 1. The van der Waals surface area contributed by atoms with E-state index in [9.17, 15) is 32.3 Å². The highest BCUT2D eigenvalue weighted by molar-refractivity contribution is 5.92. The predicted octanol–water partition coefficient (Wildman–Crippen LogP) is 4.93. The zero-order valence-electron chi connectivity index (χ0n) is 25.3. The Morgan fingerprint density at radius 2 is 1.82 bits per heavy atom. The summed E-state index contributed by atoms with van der Waals surface area (Å²) in [6.45, 7) is 2.46. The molecule has 4 rings (SSSR count). The standard InChI is InChI=1S/C31H40F4N4O5/c1-18(2)43-27-15-20(8-9-26(27)44-30(32)33)21-14-25(39(17-21)19(3)40)28(41)36-16-22-6-5-7-24(37-22)29(42)38(4)23-10-12-31(34,35)13-11-23/h5-9,15,18-19,21,23,25,30,40H,10-14,16-17H2,1-4H3,(H,36,41)/t19?,21?,25-/m1/s1. The highest BCUT2D eigenvalue weighted by Gasteiger charge is 2.40. The minimum Gasteiger partial charge on any atom is -0.487 e. The van der Waals surface area contributed by atoms with E-state index in [1.807, 2.05) is 0 Å². The Morgan fingerprint density at radius 3 is 2.45 bits per heavy atom. The van der Waals surface area contributed by atoms with Gasteiger partial charge in [0.1, 0.15) is 11.9 Å². The first-order valence-corrected chi connectivity index (χ1v) is 14.8. The lowest BCUT2D eigenvalue weighted by molar-refractivity contribution is -0.129. The van der Waals surface area contributed by atoms with Gasteiger partial charge in [0.25, 0.3) is 5.91 Å². The summed E-state index contributed by atoms with van der Waals surface area (Å²) in [6, 6.07) is 8.58. The van der Waals surface area contributed by atoms with Gasteiger partial charge >= 0.3 is 6.61 Å². The number of aliphatic hydroxyl groups is 1. The van der Waals surface area contributed by atoms with Crippen molar-refractivity contribution in [2.75, 3.05) is 13.6 Å². The van der Waals surface area contributed by atoms with E-state index in [0.717, 1.165) is 5.56 Å². The van der Waals surface area contributed by atoms with Gasteiger partial charge in [-0.05, 0) is 75.8 Å². The third kappa shape index (κ3) is 8.38. The number of amides is 2. The van der Waals surface area contributed by atoms with Gasteiger partial charge in [-0.3, -0.25) is 14.5 Å². The highest BCUT2D eigenvalue weighted by Crippen LogP contribution is 2.38. The second-order valence-electron chi connectivity index (χ2n) is 11.8. The maximum atomic E-state index is 13.6. The van der Waals surface area contributed by atoms with Gasteiger partial charge in [-0.25, -0.2) is 13.8 Å². The second kappa shape index (κ2) is 14.1. The summed E-state index contributed by atoms with van der Waals surface area (Å²) in [7, 11) is 1.59. The number of hydrogen-bond acceptors (Lipinski definition) is 7. The lowest BCUT2D eigenvalue weighted by Gasteiger charge is -2.34. The van der Waals surface area contributed by atoms with Crippen molar-refractivity contribution in [2.45, 2.75) is 102 Å². The van der Waals surface area contributed by atoms with E-state index in [1.54, 1.807) is 63.1 Å². The smallest absolute Gasteiger partial charge is 0.387 e. The van der Waals surface area contributed by atoms with Gasteiger partial charge in [-0.15, -0.1) is 0 Å². The van der Waals surface area contributed by atoms with Crippen LogP contribution in [0.25, 0.3) is 0 Å². The summed E-state index contributed by atoms with van der Waals surface area (Å²) < 4.78 is 63.3. The van der Waals surface area contributed by atoms with Crippen LogP contribution in [-0.2, 0) is 11.3 Å². The average molecular weight is 625 g/mol. The molecule has 1 saturated carbocycles. The Morgan fingerprint density at radius 1 is 1.11 bits per heavy atom. The van der Waals surface area contributed by atoms with Crippen LogP contribution in [0.15, 0.2) is 36.4 Å². The number of rotatable bonds is 11. The molecular formula is C31H40F4N4O5. The summed E-state index contributed by atoms with van der Waals surface area (Å²) in [6.07, 6.45) is -0.955. The zero-order chi connectivity index (χ0) is 32.2. The number of ether oxygens (including phenoxy) is 2. The van der Waals surface area contributed by atoms with Crippen LogP contribution in [0.2, 0.25) is 0 Å². The number of hydrogen-bond donors (Lipinski definition) is 2. The minimum absolute atomic E-state index is 0.0280. The molecule has 1 aromatic heterocycles. The van der Waals surface area contributed by atoms with Crippen LogP contribution in [0, 0.1) is 0 Å². The third-order valence-corrected chi connectivity index (χ3v) is 8.16. The average Bonchev–Trinajstić information content (AvgIpc) is 3.42. The molecule has 242 valence electrons. The van der Waals surface area contributed by atoms with E-state index in [2.05, 4.69) is 15.0 Å². The topological polar surface area (TPSA) is 104 Å². The van der Waals surface area contributed by atoms with Crippen LogP contribution < -0.4 is 14.8 Å². The van der Waals surface area contributed by atoms with Gasteiger partial charge in [0.15, 0.2) is 11.5 Å². The van der Waals surface area contributed by atoms with Crippen LogP contribution >= 0.6 is 0 Å². The molecule has 1 saturated heterocycles. The number of alkyl halides is 4. The van der Waals surface area contributed by atoms with Gasteiger partial charge < -0.3 is 24.8 Å². The number of likely N-dealkylation sites (tertiary alicyclic amines) is 1. The van der Waals surface area contributed by atoms with Crippen LogP contribution in [0.4, 0.5) is 17.6 Å². The van der Waals surface area contributed by atoms with Crippen LogP contribution in [0.3, 0.4) is 0 Å². The minimum atomic E-state index is -3.01. The molecule has 44 heavy (non-hydrogen) atoms. The number of aromatic nitrogens is 1. The molecule has 3 atom stereocenters. The summed E-state index contributed by atoms with van der Waals surface area (Å²) in [5.41, 5.74) is 1.35. The molecule has 0 spiro atoms. The maximum Gasteiger partial charge on any atom is 0.387 e. The Balaban J connectivity index is 1.41. The first kappa shape index (κ1) is 33.4. The largest absolute Gasteiger partial charge is 0.487 e. The Hall–Kier alpha value is -3.45. The van der Waals surface area contributed by atoms with Crippen molar-refractivity contribution in [1.29, 1.82) is 0 Å². The molecule has 2 N–H and O–H groups in total. The first-order chi connectivity index (χ1) is 20.7. The lowest BCUT2D eigenvalue weighted by Crippen LogP contribution is -2.46. The van der Waals surface area contributed by atoms with Gasteiger partial charge in [0.05, 0.1) is 24.4 Å². The fourth-order valence-electron chi connectivity index (χ4n) is 5.84. The van der Waals surface area contributed by atoms with Gasteiger partial charge in [-0.2, -0.15) is 8.78 Å². The normalized spacial score (nSPS) is 21.3. The van der Waals surface area contributed by atoms with Crippen molar-refractivity contribution < 1.29 is 41.7 Å². The number of aliphatic hydroxyl groups excluding tert-OH is 1. The fourth-order valence-corrected chi connectivity index (χ4v) is 5.84. The van der Waals surface area contributed by atoms with E-state index in [0.29, 0.717) is 18.7 Å². The van der Waals surface area contributed by atoms with Crippen molar-refractivity contribution in [1.82, 2.24) is 20.1 Å². The van der Waals surface area contributed by atoms with E-state index >= 15 is 0 Å². The van der Waals surface area contributed by atoms with Crippen molar-refractivity contribution in [2.24, 2.45) is 0 Å². The molecule has 9 nitrogen and oxygen atoms in total. The quantitative estimate of drug-likeness (QED) is 0.342. The fraction of sp³-hybridized carbons (Fsp3) is 0.581. The van der Waals surface area contributed by atoms with E-state index in [1.165, 1.54) is 11.0 Å². The molecule has 2 aromatic rings. The summed E-state index contributed by atoms with van der Waals surface area (Å²) >= 11 is 0. The van der Waals surface area contributed by atoms with Crippen molar-refractivity contribution in [3.63, 3.8) is 0 Å². The predicted molar refractivity (Wildman–Crippen MR) is 154 cm³/mol. The molecule has 2 unspecified atom stereocenters. The number of carbonyl (C=O) groups excluding carboxylic acids is 2. The SMILES string of the molecule is CC(C)Oc1cc(C2C[C@H](C(=O)NCc3cccc(C(=O)N(C)C4CCC(F)(F)CC4)n3)N(C(C)O)C2)ccc1OC(F)F. The number of nitrogens with zero attached hydrogens (tertiary/aromatic N) is 3. The van der Waals surface area contributed by atoms with Gasteiger partial charge in [0.2, 0.25) is 11.8 Å². The summed E-state index contributed by atoms with van der Waals surface area (Å²) in [5.74, 6) is -3.54. The Bertz CT molecular complexity index is 1300. The molecule has 1 aromatic carbocycles. The van der Waals surface area contributed by atoms with Crippen LogP contribution in [0.1, 0.15) is 80.5 Å². The van der Waals surface area contributed by atoms with Crippen molar-refractivity contribution >= 4 is 11.8 Å². The Labute approximate surface area is 254 Å². The highest BCUT2D eigenvalue weighted by atomic mass is 19.3. The molecule has 2 amide bonds. The van der Waals surface area contributed by atoms with E-state index < -0.39 is 24.8 Å². The lowest BCUT2D eigenvalue weighted by atomic mass is 9.91. The number of carbonyl (C=O) groups is 2. The van der Waals surface area contributed by atoms with Gasteiger partial charge in [0, 0.05) is 32.5 Å².